The van der Waals surface area contributed by atoms with Crippen molar-refractivity contribution in [2.75, 3.05) is 14.2 Å². The Morgan fingerprint density at radius 3 is 2.61 bits per heavy atom. The van der Waals surface area contributed by atoms with Crippen molar-refractivity contribution in [3.05, 3.63) is 89.5 Å². The number of amides is 1. The summed E-state index contributed by atoms with van der Waals surface area (Å²) in [5.74, 6) is 0.783. The number of aromatic nitrogens is 1. The smallest absolute Gasteiger partial charge is 0.373 e. The quantitative estimate of drug-likeness (QED) is 0.253. The molecule has 4 rings (SSSR count). The van der Waals surface area contributed by atoms with Gasteiger partial charge in [-0.1, -0.05) is 30.3 Å². The van der Waals surface area contributed by atoms with E-state index in [1.54, 1.807) is 25.5 Å². The van der Waals surface area contributed by atoms with Crippen LogP contribution in [-0.2, 0) is 22.5 Å². The minimum atomic E-state index is -0.517. The summed E-state index contributed by atoms with van der Waals surface area (Å²) in [6.45, 7) is 0.426. The van der Waals surface area contributed by atoms with Gasteiger partial charge in [0.1, 0.15) is 11.5 Å². The van der Waals surface area contributed by atoms with E-state index in [2.05, 4.69) is 15.3 Å². The number of hydrogen-bond acceptors (Lipinski definition) is 6. The number of hydrazone groups is 1. The Balaban J connectivity index is 1.46. The van der Waals surface area contributed by atoms with Crippen molar-refractivity contribution < 1.29 is 23.5 Å². The molecular formula is C25H23N3O5. The van der Waals surface area contributed by atoms with Crippen LogP contribution < -0.4 is 10.2 Å². The largest absolute Gasteiger partial charge is 0.497 e. The number of rotatable bonds is 8. The van der Waals surface area contributed by atoms with Crippen LogP contribution in [0.25, 0.3) is 10.9 Å². The number of fused-ring (bicyclic) bond motifs is 1. The molecule has 0 fully saturated rings. The SMILES string of the molecule is COC(=O)c1ccc(Cn2cc(/C=N/NC(=O)Cc3ccc(OC)cc3)c3ccccc32)o1. The van der Waals surface area contributed by atoms with E-state index in [4.69, 9.17) is 9.15 Å². The van der Waals surface area contributed by atoms with Crippen molar-refractivity contribution in [1.29, 1.82) is 0 Å². The Morgan fingerprint density at radius 1 is 1.06 bits per heavy atom. The van der Waals surface area contributed by atoms with E-state index in [9.17, 15) is 9.59 Å². The van der Waals surface area contributed by atoms with Crippen LogP contribution in [-0.4, -0.2) is 36.9 Å². The van der Waals surface area contributed by atoms with Gasteiger partial charge >= 0.3 is 5.97 Å². The molecule has 0 aliphatic rings. The van der Waals surface area contributed by atoms with Crippen LogP contribution in [0.5, 0.6) is 5.75 Å². The standard InChI is InChI=1S/C25H23N3O5/c1-31-19-9-7-17(8-10-19)13-24(29)27-26-14-18-15-28(22-6-4-3-5-21(18)22)16-20-11-12-23(33-20)25(30)32-2/h3-12,14-15H,13,16H2,1-2H3,(H,27,29)/b26-14+. The molecule has 0 atom stereocenters. The molecule has 2 aromatic heterocycles. The van der Waals surface area contributed by atoms with Crippen molar-refractivity contribution in [3.63, 3.8) is 0 Å². The third kappa shape index (κ3) is 5.12. The Bertz CT molecular complexity index is 1300. The number of carbonyl (C=O) groups is 2. The predicted molar refractivity (Wildman–Crippen MR) is 124 cm³/mol. The molecule has 2 aromatic carbocycles. The van der Waals surface area contributed by atoms with E-state index in [0.717, 1.165) is 27.8 Å². The molecule has 1 amide bonds. The van der Waals surface area contributed by atoms with Crippen LogP contribution in [0.3, 0.4) is 0 Å². The molecule has 0 bridgehead atoms. The van der Waals surface area contributed by atoms with Crippen LogP contribution in [0.2, 0.25) is 0 Å². The molecule has 4 aromatic rings. The van der Waals surface area contributed by atoms with Gasteiger partial charge in [-0.2, -0.15) is 5.10 Å². The Kier molecular flexibility index (Phi) is 6.54. The van der Waals surface area contributed by atoms with Crippen molar-refractivity contribution in [2.24, 2.45) is 5.10 Å². The molecule has 0 radical (unpaired) electrons. The summed E-state index contributed by atoms with van der Waals surface area (Å²) in [4.78, 5) is 23.9. The maximum Gasteiger partial charge on any atom is 0.373 e. The lowest BCUT2D eigenvalue weighted by Gasteiger charge is -2.02. The van der Waals surface area contributed by atoms with Crippen LogP contribution in [0.15, 0.2) is 76.4 Å². The molecule has 0 aliphatic heterocycles. The Morgan fingerprint density at radius 2 is 1.85 bits per heavy atom. The fraction of sp³-hybridized carbons (Fsp3) is 0.160. The highest BCUT2D eigenvalue weighted by atomic mass is 16.5. The minimum absolute atomic E-state index is 0.158. The van der Waals surface area contributed by atoms with Gasteiger partial charge in [0, 0.05) is 22.7 Å². The number of para-hydroxylation sites is 1. The third-order valence-corrected chi connectivity index (χ3v) is 5.11. The van der Waals surface area contributed by atoms with E-state index < -0.39 is 5.97 Å². The van der Waals surface area contributed by atoms with Crippen molar-refractivity contribution in [2.45, 2.75) is 13.0 Å². The molecule has 0 saturated carbocycles. The summed E-state index contributed by atoms with van der Waals surface area (Å²) in [6.07, 6.45) is 3.75. The number of hydrogen-bond donors (Lipinski definition) is 1. The fourth-order valence-electron chi connectivity index (χ4n) is 3.49. The first kappa shape index (κ1) is 21.9. The van der Waals surface area contributed by atoms with Crippen molar-refractivity contribution in [1.82, 2.24) is 9.99 Å². The normalized spacial score (nSPS) is 11.1. The summed E-state index contributed by atoms with van der Waals surface area (Å²) >= 11 is 0. The second-order valence-corrected chi connectivity index (χ2v) is 7.31. The molecule has 0 saturated heterocycles. The minimum Gasteiger partial charge on any atom is -0.497 e. The van der Waals surface area contributed by atoms with Gasteiger partial charge in [-0.25, -0.2) is 10.2 Å². The number of esters is 1. The van der Waals surface area contributed by atoms with E-state index in [1.807, 2.05) is 59.3 Å². The predicted octanol–water partition coefficient (Wildman–Crippen LogP) is 3.77. The fourth-order valence-corrected chi connectivity index (χ4v) is 3.49. The summed E-state index contributed by atoms with van der Waals surface area (Å²) < 4.78 is 17.4. The van der Waals surface area contributed by atoms with E-state index in [1.165, 1.54) is 7.11 Å². The Labute approximate surface area is 190 Å². The highest BCUT2D eigenvalue weighted by molar-refractivity contribution is 5.99. The number of ether oxygens (including phenoxy) is 2. The zero-order valence-electron chi connectivity index (χ0n) is 18.3. The van der Waals surface area contributed by atoms with Gasteiger partial charge in [0.05, 0.1) is 33.4 Å². The molecule has 8 nitrogen and oxygen atoms in total. The van der Waals surface area contributed by atoms with Gasteiger partial charge in [0.2, 0.25) is 11.7 Å². The van der Waals surface area contributed by atoms with Gasteiger partial charge < -0.3 is 18.5 Å². The molecule has 1 N–H and O–H groups in total. The zero-order chi connectivity index (χ0) is 23.2. The van der Waals surface area contributed by atoms with Gasteiger partial charge in [-0.05, 0) is 35.9 Å². The van der Waals surface area contributed by atoms with E-state index >= 15 is 0 Å². The van der Waals surface area contributed by atoms with Crippen LogP contribution >= 0.6 is 0 Å². The molecule has 2 heterocycles. The summed E-state index contributed by atoms with van der Waals surface area (Å²) in [6, 6.07) is 18.5. The molecule has 0 unspecified atom stereocenters. The first-order valence-electron chi connectivity index (χ1n) is 10.3. The average Bonchev–Trinajstić information content (AvgIpc) is 3.44. The average molecular weight is 445 g/mol. The zero-order valence-corrected chi connectivity index (χ0v) is 18.3. The van der Waals surface area contributed by atoms with E-state index in [-0.39, 0.29) is 18.1 Å². The molecule has 168 valence electrons. The first-order valence-corrected chi connectivity index (χ1v) is 10.3. The van der Waals surface area contributed by atoms with Crippen molar-refractivity contribution in [3.8, 4) is 5.75 Å². The van der Waals surface area contributed by atoms with E-state index in [0.29, 0.717) is 12.3 Å². The van der Waals surface area contributed by atoms with Gasteiger partial charge in [-0.15, -0.1) is 0 Å². The van der Waals surface area contributed by atoms with Gasteiger partial charge in [0.15, 0.2) is 0 Å². The first-order chi connectivity index (χ1) is 16.1. The molecule has 0 aliphatic carbocycles. The molecule has 0 spiro atoms. The number of carbonyl (C=O) groups excluding carboxylic acids is 2. The summed E-state index contributed by atoms with van der Waals surface area (Å²) in [5.41, 5.74) is 5.25. The molecular weight excluding hydrogens is 422 g/mol. The lowest BCUT2D eigenvalue weighted by atomic mass is 10.1. The molecule has 33 heavy (non-hydrogen) atoms. The van der Waals surface area contributed by atoms with Gasteiger partial charge in [0.25, 0.3) is 0 Å². The second-order valence-electron chi connectivity index (χ2n) is 7.31. The lowest BCUT2D eigenvalue weighted by molar-refractivity contribution is -0.120. The van der Waals surface area contributed by atoms with Crippen LogP contribution in [0.4, 0.5) is 0 Å². The number of methoxy groups -OCH3 is 2. The van der Waals surface area contributed by atoms with Crippen molar-refractivity contribution >= 4 is 29.0 Å². The van der Waals surface area contributed by atoms with Crippen LogP contribution in [0.1, 0.15) is 27.4 Å². The number of benzene rings is 2. The molecule has 8 heteroatoms. The highest BCUT2D eigenvalue weighted by Crippen LogP contribution is 2.22. The lowest BCUT2D eigenvalue weighted by Crippen LogP contribution is -2.19. The second kappa shape index (κ2) is 9.86. The maximum atomic E-state index is 12.2. The monoisotopic (exact) mass is 445 g/mol. The van der Waals surface area contributed by atoms with Crippen LogP contribution in [0, 0.1) is 0 Å². The summed E-state index contributed by atoms with van der Waals surface area (Å²) in [5, 5.41) is 5.11. The highest BCUT2D eigenvalue weighted by Gasteiger charge is 2.13. The Hall–Kier alpha value is -4.33. The maximum absolute atomic E-state index is 12.2. The topological polar surface area (TPSA) is 95.1 Å². The summed E-state index contributed by atoms with van der Waals surface area (Å²) in [7, 11) is 2.91. The number of nitrogens with one attached hydrogen (secondary N) is 1. The third-order valence-electron chi connectivity index (χ3n) is 5.11. The van der Waals surface area contributed by atoms with Gasteiger partial charge in [-0.3, -0.25) is 4.79 Å². The number of nitrogens with zero attached hydrogens (tertiary/aromatic N) is 2. The number of furan rings is 1.